The van der Waals surface area contributed by atoms with Crippen LogP contribution < -0.4 is 10.1 Å². The molecule has 1 fully saturated rings. The van der Waals surface area contributed by atoms with Gasteiger partial charge in [-0.15, -0.1) is 11.8 Å². The van der Waals surface area contributed by atoms with E-state index in [2.05, 4.69) is 17.1 Å². The van der Waals surface area contributed by atoms with E-state index in [1.165, 1.54) is 25.8 Å². The highest BCUT2D eigenvalue weighted by molar-refractivity contribution is 7.98. The number of carbonyl (C=O) groups is 1. The van der Waals surface area contributed by atoms with Crippen molar-refractivity contribution in [2.75, 3.05) is 33.0 Å². The molecule has 0 bridgehead atoms. The Hall–Kier alpha value is -1.20. The first-order chi connectivity index (χ1) is 11.2. The van der Waals surface area contributed by atoms with Crippen molar-refractivity contribution in [2.45, 2.75) is 43.5 Å². The monoisotopic (exact) mass is 336 g/mol. The van der Waals surface area contributed by atoms with Crippen LogP contribution in [0.4, 0.5) is 0 Å². The summed E-state index contributed by atoms with van der Waals surface area (Å²) in [6.45, 7) is 5.26. The lowest BCUT2D eigenvalue weighted by molar-refractivity contribution is 0.0946. The predicted molar refractivity (Wildman–Crippen MR) is 96.6 cm³/mol. The molecule has 4 nitrogen and oxygen atoms in total. The van der Waals surface area contributed by atoms with E-state index in [0.29, 0.717) is 23.9 Å². The number of hydrogen-bond acceptors (Lipinski definition) is 4. The summed E-state index contributed by atoms with van der Waals surface area (Å²) in [5.74, 6) is 0.584. The molecule has 2 rings (SSSR count). The van der Waals surface area contributed by atoms with Crippen LogP contribution in [0, 0.1) is 0 Å². The van der Waals surface area contributed by atoms with Gasteiger partial charge in [0.1, 0.15) is 5.75 Å². The van der Waals surface area contributed by atoms with Crippen LogP contribution in [-0.2, 0) is 0 Å². The third-order valence-electron chi connectivity index (χ3n) is 4.50. The molecule has 0 saturated carbocycles. The van der Waals surface area contributed by atoms with Gasteiger partial charge in [-0.1, -0.05) is 6.42 Å². The molecule has 0 spiro atoms. The third kappa shape index (κ3) is 5.15. The lowest BCUT2D eigenvalue weighted by Gasteiger charge is -2.33. The molecule has 1 N–H and O–H groups in total. The van der Waals surface area contributed by atoms with Crippen LogP contribution >= 0.6 is 11.8 Å². The fraction of sp³-hybridized carbons (Fsp3) is 0.611. The second-order valence-electron chi connectivity index (χ2n) is 6.06. The predicted octanol–water partition coefficient (Wildman–Crippen LogP) is 3.41. The van der Waals surface area contributed by atoms with E-state index in [4.69, 9.17) is 4.74 Å². The van der Waals surface area contributed by atoms with Crippen molar-refractivity contribution in [1.29, 1.82) is 0 Å². The fourth-order valence-corrected chi connectivity index (χ4v) is 3.48. The SMILES string of the molecule is COc1cc(SC)ccc1C(=O)NCCCN1CCCC[C@@H]1C. The molecule has 23 heavy (non-hydrogen) atoms. The third-order valence-corrected chi connectivity index (χ3v) is 5.23. The van der Waals surface area contributed by atoms with E-state index in [1.54, 1.807) is 18.9 Å². The molecule has 1 saturated heterocycles. The van der Waals surface area contributed by atoms with Gasteiger partial charge in [0, 0.05) is 24.0 Å². The number of benzene rings is 1. The van der Waals surface area contributed by atoms with Crippen LogP contribution in [0.1, 0.15) is 43.0 Å². The minimum atomic E-state index is -0.0544. The molecule has 1 aliphatic heterocycles. The molecule has 0 unspecified atom stereocenters. The van der Waals surface area contributed by atoms with Crippen molar-refractivity contribution >= 4 is 17.7 Å². The summed E-state index contributed by atoms with van der Waals surface area (Å²) in [6, 6.07) is 6.39. The number of rotatable bonds is 7. The maximum atomic E-state index is 12.3. The molecule has 1 heterocycles. The number of nitrogens with one attached hydrogen (secondary N) is 1. The zero-order valence-electron chi connectivity index (χ0n) is 14.4. The summed E-state index contributed by atoms with van der Waals surface area (Å²) in [6.07, 6.45) is 6.94. The first kappa shape index (κ1) is 18.1. The number of likely N-dealkylation sites (tertiary alicyclic amines) is 1. The average molecular weight is 337 g/mol. The van der Waals surface area contributed by atoms with Gasteiger partial charge in [0.2, 0.25) is 0 Å². The second-order valence-corrected chi connectivity index (χ2v) is 6.94. The van der Waals surface area contributed by atoms with Crippen LogP contribution in [0.3, 0.4) is 0 Å². The Kier molecular flexibility index (Phi) is 7.24. The van der Waals surface area contributed by atoms with Gasteiger partial charge < -0.3 is 15.0 Å². The number of nitrogens with zero attached hydrogens (tertiary/aromatic N) is 1. The smallest absolute Gasteiger partial charge is 0.255 e. The number of thioether (sulfide) groups is 1. The van der Waals surface area contributed by atoms with Gasteiger partial charge in [-0.3, -0.25) is 4.79 Å². The Bertz CT molecular complexity index is 522. The molecule has 1 amide bonds. The number of methoxy groups -OCH3 is 1. The van der Waals surface area contributed by atoms with Crippen molar-refractivity contribution in [3.8, 4) is 5.75 Å². The van der Waals surface area contributed by atoms with Crippen LogP contribution in [-0.4, -0.2) is 49.8 Å². The van der Waals surface area contributed by atoms with Crippen LogP contribution in [0.25, 0.3) is 0 Å². The molecule has 1 aliphatic rings. The summed E-state index contributed by atoms with van der Waals surface area (Å²) < 4.78 is 5.34. The largest absolute Gasteiger partial charge is 0.496 e. The van der Waals surface area contributed by atoms with Gasteiger partial charge in [0.05, 0.1) is 12.7 Å². The number of piperidine rings is 1. The maximum Gasteiger partial charge on any atom is 0.255 e. The molecule has 5 heteroatoms. The van der Waals surface area contributed by atoms with E-state index >= 15 is 0 Å². The van der Waals surface area contributed by atoms with E-state index in [0.717, 1.165) is 17.9 Å². The quantitative estimate of drug-likeness (QED) is 0.612. The number of amides is 1. The molecular formula is C18H28N2O2S. The van der Waals surface area contributed by atoms with E-state index < -0.39 is 0 Å². The normalized spacial score (nSPS) is 18.7. The zero-order chi connectivity index (χ0) is 16.7. The highest BCUT2D eigenvalue weighted by Crippen LogP contribution is 2.25. The standard InChI is InChI=1S/C18H28N2O2S/c1-14-7-4-5-11-20(14)12-6-10-19-18(21)16-9-8-15(23-3)13-17(16)22-2/h8-9,13-14H,4-7,10-12H2,1-3H3,(H,19,21)/t14-/m0/s1. The Morgan fingerprint density at radius 1 is 1.43 bits per heavy atom. The molecule has 1 aromatic carbocycles. The van der Waals surface area contributed by atoms with Crippen LogP contribution in [0.2, 0.25) is 0 Å². The zero-order valence-corrected chi connectivity index (χ0v) is 15.2. The van der Waals surface area contributed by atoms with Crippen molar-refractivity contribution < 1.29 is 9.53 Å². The Morgan fingerprint density at radius 2 is 2.26 bits per heavy atom. The molecule has 128 valence electrons. The summed E-state index contributed by atoms with van der Waals surface area (Å²) in [4.78, 5) is 16.0. The first-order valence-corrected chi connectivity index (χ1v) is 9.62. The molecule has 0 aliphatic carbocycles. The minimum absolute atomic E-state index is 0.0544. The number of hydrogen-bond donors (Lipinski definition) is 1. The van der Waals surface area contributed by atoms with Crippen molar-refractivity contribution in [1.82, 2.24) is 10.2 Å². The van der Waals surface area contributed by atoms with Crippen molar-refractivity contribution in [2.24, 2.45) is 0 Å². The highest BCUT2D eigenvalue weighted by atomic mass is 32.2. The van der Waals surface area contributed by atoms with E-state index in [1.807, 2.05) is 24.5 Å². The van der Waals surface area contributed by atoms with Gasteiger partial charge in [-0.2, -0.15) is 0 Å². The maximum absolute atomic E-state index is 12.3. The van der Waals surface area contributed by atoms with Gasteiger partial charge in [-0.25, -0.2) is 0 Å². The van der Waals surface area contributed by atoms with Gasteiger partial charge in [0.25, 0.3) is 5.91 Å². The van der Waals surface area contributed by atoms with Crippen LogP contribution in [0.5, 0.6) is 5.75 Å². The Morgan fingerprint density at radius 3 is 2.96 bits per heavy atom. The van der Waals surface area contributed by atoms with Gasteiger partial charge in [0.15, 0.2) is 0 Å². The molecule has 0 radical (unpaired) electrons. The summed E-state index contributed by atoms with van der Waals surface area (Å²) >= 11 is 1.64. The second kappa shape index (κ2) is 9.18. The van der Waals surface area contributed by atoms with E-state index in [9.17, 15) is 4.79 Å². The van der Waals surface area contributed by atoms with Crippen molar-refractivity contribution in [3.63, 3.8) is 0 Å². The topological polar surface area (TPSA) is 41.6 Å². The lowest BCUT2D eigenvalue weighted by Crippen LogP contribution is -2.39. The first-order valence-electron chi connectivity index (χ1n) is 8.40. The molecular weight excluding hydrogens is 308 g/mol. The Balaban J connectivity index is 1.80. The van der Waals surface area contributed by atoms with Crippen LogP contribution in [0.15, 0.2) is 23.1 Å². The summed E-state index contributed by atoms with van der Waals surface area (Å²) in [5.41, 5.74) is 0.608. The summed E-state index contributed by atoms with van der Waals surface area (Å²) in [7, 11) is 1.61. The van der Waals surface area contributed by atoms with Gasteiger partial charge in [-0.05, 0) is 57.2 Å². The lowest BCUT2D eigenvalue weighted by atomic mass is 10.0. The summed E-state index contributed by atoms with van der Waals surface area (Å²) in [5, 5.41) is 3.01. The van der Waals surface area contributed by atoms with Gasteiger partial charge >= 0.3 is 0 Å². The Labute approximate surface area is 144 Å². The molecule has 1 atom stereocenters. The molecule has 1 aromatic rings. The number of carbonyl (C=O) groups excluding carboxylic acids is 1. The minimum Gasteiger partial charge on any atom is -0.496 e. The molecule has 0 aromatic heterocycles. The fourth-order valence-electron chi connectivity index (χ4n) is 3.06. The average Bonchev–Trinajstić information content (AvgIpc) is 2.59. The van der Waals surface area contributed by atoms with Crippen molar-refractivity contribution in [3.05, 3.63) is 23.8 Å². The number of ether oxygens (including phenoxy) is 1. The van der Waals surface area contributed by atoms with E-state index in [-0.39, 0.29) is 5.91 Å². The highest BCUT2D eigenvalue weighted by Gasteiger charge is 2.17.